The van der Waals surface area contributed by atoms with E-state index >= 15 is 0 Å². The van der Waals surface area contributed by atoms with Crippen LogP contribution < -0.4 is 10.6 Å². The number of carbonyl (C=O) groups excluding carboxylic acids is 1. The maximum atomic E-state index is 13.3. The average Bonchev–Trinajstić information content (AvgIpc) is 3.44. The molecule has 0 spiro atoms. The van der Waals surface area contributed by atoms with Crippen molar-refractivity contribution in [2.24, 2.45) is 5.11 Å². The molecule has 190 valence electrons. The highest BCUT2D eigenvalue weighted by molar-refractivity contribution is 7.15. The first kappa shape index (κ1) is 25.1. The minimum atomic E-state index is -0.312. The smallest absolute Gasteiger partial charge is 0.255 e. The van der Waals surface area contributed by atoms with Crippen molar-refractivity contribution in [2.45, 2.75) is 25.9 Å². The molecule has 0 aliphatic carbocycles. The molecule has 0 saturated heterocycles. The molecule has 3 N–H and O–H groups in total. The zero-order chi connectivity index (χ0) is 26.5. The van der Waals surface area contributed by atoms with Gasteiger partial charge in [0, 0.05) is 21.3 Å². The molecule has 5 aromatic rings. The van der Waals surface area contributed by atoms with Gasteiger partial charge >= 0.3 is 0 Å². The van der Waals surface area contributed by atoms with Gasteiger partial charge in [0.15, 0.2) is 5.82 Å². The standard InChI is InChI=1S/C28H24FN7OS/c1-2-23(17-5-8-19(29)9-6-17)35-28(37)21-4-3-13-31-26(21)32-15-20-10-12-25(38-20)18-7-11-24-22(14-18)27(36-30)34-16-33-24/h3-14,16,23,30H,2,15H2,1H3,(H,31,32)(H,35,37). The summed E-state index contributed by atoms with van der Waals surface area (Å²) in [5.74, 6) is 0.255. The summed E-state index contributed by atoms with van der Waals surface area (Å²) in [4.78, 5) is 28.0. The lowest BCUT2D eigenvalue weighted by molar-refractivity contribution is 0.0936. The Hall–Kier alpha value is -4.57. The number of amides is 1. The van der Waals surface area contributed by atoms with Gasteiger partial charge in [-0.05, 0) is 66.1 Å². The molecular formula is C28H24FN7OS. The van der Waals surface area contributed by atoms with Gasteiger partial charge in [-0.25, -0.2) is 24.9 Å². The summed E-state index contributed by atoms with van der Waals surface area (Å²) >= 11 is 1.61. The Labute approximate surface area is 222 Å². The zero-order valence-corrected chi connectivity index (χ0v) is 21.3. The second-order valence-electron chi connectivity index (χ2n) is 8.55. The Bertz CT molecular complexity index is 1600. The predicted molar refractivity (Wildman–Crippen MR) is 146 cm³/mol. The summed E-state index contributed by atoms with van der Waals surface area (Å²) in [6, 6.07) is 19.3. The Kier molecular flexibility index (Phi) is 7.41. The molecule has 1 unspecified atom stereocenters. The van der Waals surface area contributed by atoms with Crippen molar-refractivity contribution < 1.29 is 9.18 Å². The highest BCUT2D eigenvalue weighted by Gasteiger charge is 2.18. The van der Waals surface area contributed by atoms with Crippen LogP contribution in [0.4, 0.5) is 16.0 Å². The Morgan fingerprint density at radius 3 is 2.71 bits per heavy atom. The highest BCUT2D eigenvalue weighted by atomic mass is 32.1. The SMILES string of the molecule is CCC(NC(=O)c1cccnc1NCc1ccc(-c2ccc3ncnc(N=N)c3c2)s1)c1ccc(F)cc1. The summed E-state index contributed by atoms with van der Waals surface area (Å²) < 4.78 is 13.3. The molecule has 0 aliphatic rings. The molecule has 0 saturated carbocycles. The molecule has 8 nitrogen and oxygen atoms in total. The van der Waals surface area contributed by atoms with Crippen LogP contribution in [0.2, 0.25) is 0 Å². The second kappa shape index (κ2) is 11.2. The van der Waals surface area contributed by atoms with E-state index in [1.807, 2.05) is 37.3 Å². The lowest BCUT2D eigenvalue weighted by Crippen LogP contribution is -2.29. The van der Waals surface area contributed by atoms with E-state index in [-0.39, 0.29) is 17.8 Å². The Morgan fingerprint density at radius 1 is 1.08 bits per heavy atom. The molecule has 5 rings (SSSR count). The lowest BCUT2D eigenvalue weighted by Gasteiger charge is -2.18. The first-order valence-corrected chi connectivity index (χ1v) is 12.8. The van der Waals surface area contributed by atoms with Gasteiger partial charge in [-0.2, -0.15) is 0 Å². The maximum absolute atomic E-state index is 13.3. The number of aromatic nitrogens is 3. The molecule has 3 heterocycles. The Balaban J connectivity index is 1.30. The number of hydrogen-bond acceptors (Lipinski definition) is 8. The van der Waals surface area contributed by atoms with Gasteiger partial charge in [0.1, 0.15) is 18.0 Å². The predicted octanol–water partition coefficient (Wildman–Crippen LogP) is 7.05. The van der Waals surface area contributed by atoms with E-state index in [4.69, 9.17) is 5.53 Å². The van der Waals surface area contributed by atoms with Crippen molar-refractivity contribution in [3.8, 4) is 10.4 Å². The molecule has 0 aliphatic heterocycles. The monoisotopic (exact) mass is 525 g/mol. The molecule has 0 fully saturated rings. The van der Waals surface area contributed by atoms with Gasteiger partial charge in [0.2, 0.25) is 0 Å². The number of carbonyl (C=O) groups is 1. The van der Waals surface area contributed by atoms with Gasteiger partial charge in [-0.15, -0.1) is 16.5 Å². The lowest BCUT2D eigenvalue weighted by atomic mass is 10.0. The van der Waals surface area contributed by atoms with Crippen molar-refractivity contribution in [3.63, 3.8) is 0 Å². The van der Waals surface area contributed by atoms with Crippen LogP contribution in [0.25, 0.3) is 21.3 Å². The number of anilines is 1. The van der Waals surface area contributed by atoms with Crippen molar-refractivity contribution in [2.75, 3.05) is 5.32 Å². The molecule has 0 radical (unpaired) electrons. The maximum Gasteiger partial charge on any atom is 0.255 e. The molecule has 1 atom stereocenters. The minimum absolute atomic E-state index is 0.244. The molecule has 3 aromatic heterocycles. The fourth-order valence-corrected chi connectivity index (χ4v) is 5.11. The molecule has 0 bridgehead atoms. The fourth-order valence-electron chi connectivity index (χ4n) is 4.17. The van der Waals surface area contributed by atoms with E-state index in [1.54, 1.807) is 41.8 Å². The third kappa shape index (κ3) is 5.40. The van der Waals surface area contributed by atoms with Crippen LogP contribution in [-0.4, -0.2) is 20.9 Å². The minimum Gasteiger partial charge on any atom is -0.365 e. The Morgan fingerprint density at radius 2 is 1.92 bits per heavy atom. The number of rotatable bonds is 9. The third-order valence-electron chi connectivity index (χ3n) is 6.13. The van der Waals surface area contributed by atoms with Crippen molar-refractivity contribution in [1.29, 1.82) is 5.53 Å². The van der Waals surface area contributed by atoms with Crippen LogP contribution in [-0.2, 0) is 6.54 Å². The number of nitrogens with one attached hydrogen (secondary N) is 3. The topological polar surface area (TPSA) is 116 Å². The van der Waals surface area contributed by atoms with Crippen LogP contribution in [0.5, 0.6) is 0 Å². The van der Waals surface area contributed by atoms with E-state index in [2.05, 4.69) is 30.7 Å². The largest absolute Gasteiger partial charge is 0.365 e. The third-order valence-corrected chi connectivity index (χ3v) is 7.27. The van der Waals surface area contributed by atoms with Gasteiger partial charge in [0.25, 0.3) is 5.91 Å². The van der Waals surface area contributed by atoms with E-state index in [1.165, 1.54) is 18.5 Å². The van der Waals surface area contributed by atoms with Crippen molar-refractivity contribution in [3.05, 3.63) is 101 Å². The number of thiophene rings is 1. The number of benzene rings is 2. The fraction of sp³-hybridized carbons (Fsp3) is 0.143. The zero-order valence-electron chi connectivity index (χ0n) is 20.5. The van der Waals surface area contributed by atoms with E-state index in [0.717, 1.165) is 31.8 Å². The average molecular weight is 526 g/mol. The first-order chi connectivity index (χ1) is 18.6. The highest BCUT2D eigenvalue weighted by Crippen LogP contribution is 2.32. The molecule has 2 aromatic carbocycles. The van der Waals surface area contributed by atoms with Crippen LogP contribution in [0.3, 0.4) is 0 Å². The van der Waals surface area contributed by atoms with Gasteiger partial charge in [-0.3, -0.25) is 4.79 Å². The molecule has 1 amide bonds. The number of pyridine rings is 1. The van der Waals surface area contributed by atoms with Crippen LogP contribution >= 0.6 is 11.3 Å². The van der Waals surface area contributed by atoms with Crippen molar-refractivity contribution >= 4 is 39.8 Å². The summed E-state index contributed by atoms with van der Waals surface area (Å²) in [5, 5.41) is 10.6. The summed E-state index contributed by atoms with van der Waals surface area (Å²) in [6.07, 6.45) is 3.71. The summed E-state index contributed by atoms with van der Waals surface area (Å²) in [7, 11) is 0. The molecule has 10 heteroatoms. The molecule has 38 heavy (non-hydrogen) atoms. The van der Waals surface area contributed by atoms with Gasteiger partial charge in [-0.1, -0.05) is 25.1 Å². The van der Waals surface area contributed by atoms with Crippen LogP contribution in [0, 0.1) is 11.3 Å². The normalized spacial score (nSPS) is 11.7. The van der Waals surface area contributed by atoms with Crippen LogP contribution in [0.1, 0.15) is 40.2 Å². The number of nitrogens with zero attached hydrogens (tertiary/aromatic N) is 4. The summed E-state index contributed by atoms with van der Waals surface area (Å²) in [5.41, 5.74) is 10.4. The van der Waals surface area contributed by atoms with E-state index in [0.29, 0.717) is 30.2 Å². The van der Waals surface area contributed by atoms with Crippen LogP contribution in [0.15, 0.2) is 84.4 Å². The van der Waals surface area contributed by atoms with E-state index in [9.17, 15) is 9.18 Å². The second-order valence-corrected chi connectivity index (χ2v) is 9.71. The number of halogens is 1. The van der Waals surface area contributed by atoms with Gasteiger partial charge < -0.3 is 10.6 Å². The molecular weight excluding hydrogens is 501 g/mol. The van der Waals surface area contributed by atoms with Gasteiger partial charge in [0.05, 0.1) is 23.7 Å². The van der Waals surface area contributed by atoms with E-state index < -0.39 is 0 Å². The number of hydrogen-bond donors (Lipinski definition) is 3. The summed E-state index contributed by atoms with van der Waals surface area (Å²) in [6.45, 7) is 2.46. The first-order valence-electron chi connectivity index (χ1n) is 12.0. The quantitative estimate of drug-likeness (QED) is 0.178. The van der Waals surface area contributed by atoms with Crippen molar-refractivity contribution in [1.82, 2.24) is 20.3 Å². The number of fused-ring (bicyclic) bond motifs is 1.